The van der Waals surface area contributed by atoms with Gasteiger partial charge in [-0.25, -0.2) is 9.97 Å². The number of anilines is 2. The second-order valence-electron chi connectivity index (χ2n) is 6.23. The molecular formula is C17H23N9O. The predicted molar refractivity (Wildman–Crippen MR) is 101 cm³/mol. The third-order valence-corrected chi connectivity index (χ3v) is 3.89. The van der Waals surface area contributed by atoms with Gasteiger partial charge < -0.3 is 10.2 Å². The maximum absolute atomic E-state index is 12.2. The number of nitrogens with zero attached hydrogens (tertiary/aromatic N) is 8. The number of carbonyl (C=O) groups excluding carboxylic acids is 1. The zero-order chi connectivity index (χ0) is 19.4. The van der Waals surface area contributed by atoms with Gasteiger partial charge in [0, 0.05) is 38.1 Å². The quantitative estimate of drug-likeness (QED) is 0.667. The van der Waals surface area contributed by atoms with Crippen LogP contribution in [0.4, 0.5) is 11.8 Å². The van der Waals surface area contributed by atoms with Crippen LogP contribution in [0.15, 0.2) is 24.7 Å². The lowest BCUT2D eigenvalue weighted by Crippen LogP contribution is -2.19. The summed E-state index contributed by atoms with van der Waals surface area (Å²) >= 11 is 0. The van der Waals surface area contributed by atoms with Gasteiger partial charge in [0.05, 0.1) is 18.1 Å². The zero-order valence-electron chi connectivity index (χ0n) is 15.9. The van der Waals surface area contributed by atoms with Gasteiger partial charge in [-0.3, -0.25) is 14.2 Å². The van der Waals surface area contributed by atoms with Crippen molar-refractivity contribution in [2.24, 2.45) is 0 Å². The molecular weight excluding hydrogens is 346 g/mol. The van der Waals surface area contributed by atoms with E-state index in [0.29, 0.717) is 18.3 Å². The molecule has 3 heterocycles. The molecule has 3 rings (SSSR count). The smallest absolute Gasteiger partial charge is 0.247 e. The third-order valence-electron chi connectivity index (χ3n) is 3.89. The van der Waals surface area contributed by atoms with Crippen LogP contribution in [0.2, 0.25) is 0 Å². The van der Waals surface area contributed by atoms with Crippen LogP contribution in [0.5, 0.6) is 0 Å². The fourth-order valence-electron chi connectivity index (χ4n) is 2.43. The number of aryl methyl sites for hydroxylation is 2. The molecule has 3 aromatic rings. The summed E-state index contributed by atoms with van der Waals surface area (Å²) in [7, 11) is 3.81. The van der Waals surface area contributed by atoms with Crippen molar-refractivity contribution in [3.05, 3.63) is 30.4 Å². The lowest BCUT2D eigenvalue weighted by atomic mass is 10.2. The van der Waals surface area contributed by atoms with Crippen molar-refractivity contribution in [2.75, 3.05) is 24.3 Å². The molecule has 142 valence electrons. The average Bonchev–Trinajstić information content (AvgIpc) is 3.30. The van der Waals surface area contributed by atoms with Gasteiger partial charge in [-0.15, -0.1) is 5.10 Å². The third kappa shape index (κ3) is 4.46. The number of hydrogen-bond acceptors (Lipinski definition) is 7. The van der Waals surface area contributed by atoms with Gasteiger partial charge in [0.15, 0.2) is 5.82 Å². The topological polar surface area (TPSA) is 107 Å². The molecule has 0 aliphatic carbocycles. The van der Waals surface area contributed by atoms with Gasteiger partial charge in [0.2, 0.25) is 11.9 Å². The highest BCUT2D eigenvalue weighted by molar-refractivity contribution is 5.89. The van der Waals surface area contributed by atoms with E-state index in [1.165, 1.54) is 0 Å². The van der Waals surface area contributed by atoms with Crippen LogP contribution in [0.3, 0.4) is 0 Å². The second-order valence-corrected chi connectivity index (χ2v) is 6.23. The lowest BCUT2D eigenvalue weighted by molar-refractivity contribution is -0.116. The van der Waals surface area contributed by atoms with Crippen molar-refractivity contribution < 1.29 is 4.79 Å². The fourth-order valence-corrected chi connectivity index (χ4v) is 2.43. The summed E-state index contributed by atoms with van der Waals surface area (Å²) in [4.78, 5) is 23.1. The normalized spacial score (nSPS) is 10.8. The highest BCUT2D eigenvalue weighted by Crippen LogP contribution is 2.20. The Kier molecular flexibility index (Phi) is 5.43. The van der Waals surface area contributed by atoms with Crippen LogP contribution in [-0.2, 0) is 24.3 Å². The Hall–Kier alpha value is -3.30. The van der Waals surface area contributed by atoms with Gasteiger partial charge in [-0.05, 0) is 19.4 Å². The molecule has 0 aliphatic heterocycles. The maximum atomic E-state index is 12.2. The number of amides is 1. The minimum atomic E-state index is -0.223. The Labute approximate surface area is 157 Å². The van der Waals surface area contributed by atoms with Crippen molar-refractivity contribution in [1.82, 2.24) is 34.7 Å². The van der Waals surface area contributed by atoms with Crippen LogP contribution < -0.4 is 10.2 Å². The van der Waals surface area contributed by atoms with Gasteiger partial charge in [0.1, 0.15) is 6.54 Å². The standard InChI is InChI=1S/C17H23N9O/c1-5-13-7-14(20-17(19-13)24(3)4)12-8-18-26(9-12)11-16(27)21-15-10-25(6-2)23-22-15/h7-10H,5-6,11H2,1-4H3,(H,21,27). The molecule has 0 bridgehead atoms. The van der Waals surface area contributed by atoms with Crippen molar-refractivity contribution in [3.8, 4) is 11.3 Å². The van der Waals surface area contributed by atoms with Crippen molar-refractivity contribution in [3.63, 3.8) is 0 Å². The van der Waals surface area contributed by atoms with E-state index >= 15 is 0 Å². The Morgan fingerprint density at radius 2 is 2.00 bits per heavy atom. The van der Waals surface area contributed by atoms with E-state index in [2.05, 4.69) is 30.7 Å². The molecule has 27 heavy (non-hydrogen) atoms. The zero-order valence-corrected chi connectivity index (χ0v) is 15.9. The van der Waals surface area contributed by atoms with E-state index in [1.54, 1.807) is 28.0 Å². The number of nitrogens with one attached hydrogen (secondary N) is 1. The van der Waals surface area contributed by atoms with Crippen molar-refractivity contribution in [1.29, 1.82) is 0 Å². The first kappa shape index (κ1) is 18.5. The van der Waals surface area contributed by atoms with Crippen LogP contribution in [-0.4, -0.2) is 54.7 Å². The first-order chi connectivity index (χ1) is 13.0. The van der Waals surface area contributed by atoms with E-state index in [0.717, 1.165) is 23.4 Å². The summed E-state index contributed by atoms with van der Waals surface area (Å²) in [6.45, 7) is 4.77. The molecule has 1 N–H and O–H groups in total. The average molecular weight is 369 g/mol. The van der Waals surface area contributed by atoms with E-state index in [4.69, 9.17) is 0 Å². The Morgan fingerprint density at radius 3 is 2.67 bits per heavy atom. The summed E-state index contributed by atoms with van der Waals surface area (Å²) in [6, 6.07) is 1.94. The molecule has 10 heteroatoms. The number of hydrogen-bond donors (Lipinski definition) is 1. The van der Waals surface area contributed by atoms with Crippen LogP contribution >= 0.6 is 0 Å². The molecule has 0 saturated carbocycles. The fraction of sp³-hybridized carbons (Fsp3) is 0.412. The lowest BCUT2D eigenvalue weighted by Gasteiger charge is -2.12. The van der Waals surface area contributed by atoms with E-state index in [-0.39, 0.29) is 12.5 Å². The van der Waals surface area contributed by atoms with Crippen molar-refractivity contribution in [2.45, 2.75) is 33.4 Å². The molecule has 1 amide bonds. The summed E-state index contributed by atoms with van der Waals surface area (Å²) in [5.74, 6) is 0.848. The molecule has 0 saturated heterocycles. The van der Waals surface area contributed by atoms with Gasteiger partial charge in [0.25, 0.3) is 0 Å². The summed E-state index contributed by atoms with van der Waals surface area (Å²) in [6.07, 6.45) is 5.99. The molecule has 0 unspecified atom stereocenters. The van der Waals surface area contributed by atoms with E-state index in [9.17, 15) is 4.79 Å². The number of carbonyl (C=O) groups is 1. The molecule has 0 atom stereocenters. The summed E-state index contributed by atoms with van der Waals surface area (Å²) < 4.78 is 3.21. The number of aromatic nitrogens is 7. The molecule has 10 nitrogen and oxygen atoms in total. The van der Waals surface area contributed by atoms with Gasteiger partial charge in [-0.2, -0.15) is 5.10 Å². The highest BCUT2D eigenvalue weighted by atomic mass is 16.2. The Balaban J connectivity index is 1.72. The Bertz CT molecular complexity index is 928. The van der Waals surface area contributed by atoms with Crippen LogP contribution in [0, 0.1) is 0 Å². The minimum absolute atomic E-state index is 0.0746. The molecule has 0 spiro atoms. The minimum Gasteiger partial charge on any atom is -0.347 e. The summed E-state index contributed by atoms with van der Waals surface area (Å²) in [5, 5.41) is 14.8. The monoisotopic (exact) mass is 369 g/mol. The molecule has 0 radical (unpaired) electrons. The highest BCUT2D eigenvalue weighted by Gasteiger charge is 2.12. The van der Waals surface area contributed by atoms with Gasteiger partial charge >= 0.3 is 0 Å². The van der Waals surface area contributed by atoms with Crippen molar-refractivity contribution >= 4 is 17.7 Å². The predicted octanol–water partition coefficient (Wildman–Crippen LogP) is 1.22. The number of rotatable bonds is 7. The molecule has 3 aromatic heterocycles. The Morgan fingerprint density at radius 1 is 1.19 bits per heavy atom. The first-order valence-electron chi connectivity index (χ1n) is 8.76. The first-order valence-corrected chi connectivity index (χ1v) is 8.76. The summed E-state index contributed by atoms with van der Waals surface area (Å²) in [5.41, 5.74) is 2.57. The second kappa shape index (κ2) is 7.94. The van der Waals surface area contributed by atoms with Gasteiger partial charge in [-0.1, -0.05) is 12.1 Å². The van der Waals surface area contributed by atoms with Crippen LogP contribution in [0.1, 0.15) is 19.5 Å². The molecule has 0 aliphatic rings. The SMILES string of the molecule is CCc1cc(-c2cnn(CC(=O)Nc3cn(CC)nn3)c2)nc(N(C)C)n1. The van der Waals surface area contributed by atoms with E-state index < -0.39 is 0 Å². The maximum Gasteiger partial charge on any atom is 0.247 e. The van der Waals surface area contributed by atoms with Crippen LogP contribution in [0.25, 0.3) is 11.3 Å². The molecule has 0 fully saturated rings. The largest absolute Gasteiger partial charge is 0.347 e. The van der Waals surface area contributed by atoms with E-state index in [1.807, 2.05) is 38.9 Å². The molecule has 0 aromatic carbocycles.